The molecule has 0 aliphatic carbocycles. The van der Waals surface area contributed by atoms with E-state index in [1.165, 1.54) is 11.3 Å². The average molecular weight is 334 g/mol. The van der Waals surface area contributed by atoms with E-state index in [-0.39, 0.29) is 12.4 Å². The van der Waals surface area contributed by atoms with Crippen molar-refractivity contribution in [2.75, 3.05) is 11.9 Å². The van der Waals surface area contributed by atoms with Gasteiger partial charge in [0.25, 0.3) is 5.92 Å². The van der Waals surface area contributed by atoms with Crippen LogP contribution in [0.2, 0.25) is 0 Å². The highest BCUT2D eigenvalue weighted by molar-refractivity contribution is 7.22. The summed E-state index contributed by atoms with van der Waals surface area (Å²) in [6, 6.07) is 4.91. The Morgan fingerprint density at radius 1 is 1.52 bits per heavy atom. The summed E-state index contributed by atoms with van der Waals surface area (Å²) >= 11 is 1.34. The summed E-state index contributed by atoms with van der Waals surface area (Å²) in [5.74, 6) is -3.27. The van der Waals surface area contributed by atoms with Gasteiger partial charge in [-0.1, -0.05) is 23.5 Å². The van der Waals surface area contributed by atoms with Gasteiger partial charge in [0.1, 0.15) is 0 Å². The van der Waals surface area contributed by atoms with Gasteiger partial charge in [0.05, 0.1) is 22.8 Å². The first-order chi connectivity index (χ1) is 9.44. The average Bonchev–Trinajstić information content (AvgIpc) is 2.93. The van der Waals surface area contributed by atoms with Crippen molar-refractivity contribution in [3.8, 4) is 0 Å². The number of alkyl halides is 2. The molecule has 1 aliphatic heterocycles. The maximum Gasteiger partial charge on any atom is 0.262 e. The van der Waals surface area contributed by atoms with Crippen molar-refractivity contribution in [1.82, 2.24) is 10.3 Å². The summed E-state index contributed by atoms with van der Waals surface area (Å²) in [4.78, 5) is 16.3. The fourth-order valence-corrected chi connectivity index (χ4v) is 3.18. The van der Waals surface area contributed by atoms with Gasteiger partial charge in [-0.25, -0.2) is 13.8 Å². The molecule has 1 saturated heterocycles. The molecule has 2 N–H and O–H groups in total. The molecule has 8 heteroatoms. The van der Waals surface area contributed by atoms with Crippen LogP contribution in [0.4, 0.5) is 13.9 Å². The van der Waals surface area contributed by atoms with Crippen LogP contribution in [0.25, 0.3) is 10.2 Å². The van der Waals surface area contributed by atoms with E-state index in [4.69, 9.17) is 0 Å². The molecule has 0 bridgehead atoms. The lowest BCUT2D eigenvalue weighted by atomic mass is 10.2. The third-order valence-electron chi connectivity index (χ3n) is 3.28. The molecule has 1 atom stereocenters. The molecule has 2 heterocycles. The molecule has 1 aromatic carbocycles. The second-order valence-electron chi connectivity index (χ2n) is 4.92. The van der Waals surface area contributed by atoms with Crippen molar-refractivity contribution in [1.29, 1.82) is 0 Å². The largest absolute Gasteiger partial charge is 0.301 e. The Kier molecular flexibility index (Phi) is 4.46. The number of halogens is 3. The monoisotopic (exact) mass is 333 g/mol. The number of benzene rings is 1. The number of nitrogens with one attached hydrogen (secondary N) is 2. The van der Waals surface area contributed by atoms with E-state index >= 15 is 0 Å². The van der Waals surface area contributed by atoms with Crippen molar-refractivity contribution in [3.63, 3.8) is 0 Å². The molecule has 1 amide bonds. The molecule has 1 fully saturated rings. The number of hydrogen-bond acceptors (Lipinski definition) is 4. The van der Waals surface area contributed by atoms with Crippen LogP contribution in [0, 0.1) is 6.92 Å². The van der Waals surface area contributed by atoms with E-state index in [0.717, 1.165) is 15.8 Å². The summed E-state index contributed by atoms with van der Waals surface area (Å²) in [6.45, 7) is 1.48. The Hall–Kier alpha value is -1.31. The number of para-hydroxylation sites is 1. The Morgan fingerprint density at radius 2 is 2.29 bits per heavy atom. The number of fused-ring (bicyclic) bond motifs is 1. The van der Waals surface area contributed by atoms with Gasteiger partial charge >= 0.3 is 0 Å². The van der Waals surface area contributed by atoms with Crippen molar-refractivity contribution in [2.45, 2.75) is 25.3 Å². The highest BCUT2D eigenvalue weighted by Crippen LogP contribution is 2.29. The van der Waals surface area contributed by atoms with E-state index < -0.39 is 30.8 Å². The molecule has 0 radical (unpaired) electrons. The zero-order valence-electron chi connectivity index (χ0n) is 11.2. The SMILES string of the molecule is Cc1cccc2sc(NC(=O)C3CC(F)(F)CN3)nc12.Cl. The topological polar surface area (TPSA) is 54.0 Å². The molecule has 114 valence electrons. The minimum absolute atomic E-state index is 0. The van der Waals surface area contributed by atoms with Crippen LogP contribution in [0.1, 0.15) is 12.0 Å². The van der Waals surface area contributed by atoms with E-state index in [0.29, 0.717) is 5.13 Å². The Labute approximate surface area is 130 Å². The number of amides is 1. The van der Waals surface area contributed by atoms with Crippen molar-refractivity contribution in [3.05, 3.63) is 23.8 Å². The van der Waals surface area contributed by atoms with Crippen LogP contribution in [0.5, 0.6) is 0 Å². The fourth-order valence-electron chi connectivity index (χ4n) is 2.23. The normalized spacial score (nSPS) is 20.2. The first-order valence-electron chi connectivity index (χ1n) is 6.23. The first-order valence-corrected chi connectivity index (χ1v) is 7.04. The quantitative estimate of drug-likeness (QED) is 0.888. The first kappa shape index (κ1) is 16.1. The third-order valence-corrected chi connectivity index (χ3v) is 4.21. The van der Waals surface area contributed by atoms with Crippen LogP contribution in [-0.4, -0.2) is 29.4 Å². The molecule has 1 aliphatic rings. The van der Waals surface area contributed by atoms with Crippen LogP contribution >= 0.6 is 23.7 Å². The number of hydrogen-bond donors (Lipinski definition) is 2. The summed E-state index contributed by atoms with van der Waals surface area (Å²) in [7, 11) is 0. The molecule has 1 aromatic heterocycles. The number of nitrogens with zero attached hydrogens (tertiary/aromatic N) is 1. The van der Waals surface area contributed by atoms with Crippen LogP contribution in [-0.2, 0) is 4.79 Å². The third kappa shape index (κ3) is 3.30. The highest BCUT2D eigenvalue weighted by Gasteiger charge is 2.42. The standard InChI is InChI=1S/C13H13F2N3OS.ClH/c1-7-3-2-4-9-10(7)17-12(20-9)18-11(19)8-5-13(14,15)6-16-8;/h2-4,8,16H,5-6H2,1H3,(H,17,18,19);1H. The van der Waals surface area contributed by atoms with Crippen LogP contribution < -0.4 is 10.6 Å². The summed E-state index contributed by atoms with van der Waals surface area (Å²) in [6.07, 6.45) is -0.469. The van der Waals surface area contributed by atoms with Gasteiger partial charge in [-0.3, -0.25) is 10.1 Å². The molecule has 0 saturated carbocycles. The summed E-state index contributed by atoms with van der Waals surface area (Å²) in [5, 5.41) is 5.58. The molecule has 0 spiro atoms. The van der Waals surface area contributed by atoms with Crippen LogP contribution in [0.3, 0.4) is 0 Å². The predicted molar refractivity (Wildman–Crippen MR) is 81.6 cm³/mol. The van der Waals surface area contributed by atoms with Gasteiger partial charge in [-0.2, -0.15) is 0 Å². The molecule has 1 unspecified atom stereocenters. The summed E-state index contributed by atoms with van der Waals surface area (Å²) in [5.41, 5.74) is 1.85. The van der Waals surface area contributed by atoms with Gasteiger partial charge in [0, 0.05) is 6.42 Å². The molecule has 3 rings (SSSR count). The van der Waals surface area contributed by atoms with Gasteiger partial charge in [-0.15, -0.1) is 12.4 Å². The van der Waals surface area contributed by atoms with Crippen molar-refractivity contribution < 1.29 is 13.6 Å². The number of rotatable bonds is 2. The van der Waals surface area contributed by atoms with Gasteiger partial charge < -0.3 is 5.32 Å². The number of carbonyl (C=O) groups excluding carboxylic acids is 1. The molecule has 21 heavy (non-hydrogen) atoms. The fraction of sp³-hybridized carbons (Fsp3) is 0.385. The van der Waals surface area contributed by atoms with Crippen LogP contribution in [0.15, 0.2) is 18.2 Å². The van der Waals surface area contributed by atoms with E-state index in [1.807, 2.05) is 25.1 Å². The van der Waals surface area contributed by atoms with E-state index in [1.54, 1.807) is 0 Å². The van der Waals surface area contributed by atoms with Gasteiger partial charge in [-0.05, 0) is 18.6 Å². The van der Waals surface area contributed by atoms with E-state index in [2.05, 4.69) is 15.6 Å². The lowest BCUT2D eigenvalue weighted by molar-refractivity contribution is -0.118. The van der Waals surface area contributed by atoms with E-state index in [9.17, 15) is 13.6 Å². The lowest BCUT2D eigenvalue weighted by Crippen LogP contribution is -2.35. The minimum atomic E-state index is -2.81. The van der Waals surface area contributed by atoms with Crippen molar-refractivity contribution in [2.24, 2.45) is 0 Å². The second kappa shape index (κ2) is 5.82. The second-order valence-corrected chi connectivity index (χ2v) is 5.95. The van der Waals surface area contributed by atoms with Gasteiger partial charge in [0.15, 0.2) is 5.13 Å². The number of thiazole rings is 1. The number of aryl methyl sites for hydroxylation is 1. The van der Waals surface area contributed by atoms with Gasteiger partial charge in [0.2, 0.25) is 5.91 Å². The minimum Gasteiger partial charge on any atom is -0.301 e. The maximum absolute atomic E-state index is 13.1. The molecular formula is C13H14ClF2N3OS. The molecular weight excluding hydrogens is 320 g/mol. The number of carbonyl (C=O) groups is 1. The predicted octanol–water partition coefficient (Wildman–Crippen LogP) is 2.96. The number of aromatic nitrogens is 1. The smallest absolute Gasteiger partial charge is 0.262 e. The Bertz CT molecular complexity index is 676. The Morgan fingerprint density at radius 3 is 2.90 bits per heavy atom. The Balaban J connectivity index is 0.00000161. The highest BCUT2D eigenvalue weighted by atomic mass is 35.5. The number of anilines is 1. The maximum atomic E-state index is 13.1. The zero-order chi connectivity index (χ0) is 14.3. The summed E-state index contributed by atoms with van der Waals surface area (Å²) < 4.78 is 27.1. The lowest BCUT2D eigenvalue weighted by Gasteiger charge is -2.08. The molecule has 2 aromatic rings. The molecule has 4 nitrogen and oxygen atoms in total. The zero-order valence-corrected chi connectivity index (χ0v) is 12.8. The van der Waals surface area contributed by atoms with Crippen molar-refractivity contribution >= 4 is 45.0 Å².